The molecule has 0 aromatic carbocycles. The number of esters is 1. The highest BCUT2D eigenvalue weighted by Gasteiger charge is 2.44. The SMILES string of the molecule is CCOC(=O)c1c(C2SC2NC)nc(CC(C)C)c(C(N)=O)c1-c1ccc(C(=O)NC)s1. The molecule has 2 aromatic heterocycles. The van der Waals surface area contributed by atoms with E-state index < -0.39 is 11.9 Å². The molecule has 1 aliphatic rings. The molecule has 2 atom stereocenters. The van der Waals surface area contributed by atoms with Crippen LogP contribution in [-0.4, -0.2) is 48.8 Å². The zero-order valence-corrected chi connectivity index (χ0v) is 20.4. The summed E-state index contributed by atoms with van der Waals surface area (Å²) in [7, 11) is 3.40. The molecule has 10 heteroatoms. The van der Waals surface area contributed by atoms with Gasteiger partial charge in [-0.05, 0) is 38.4 Å². The fraction of sp³-hybridized carbons (Fsp3) is 0.455. The molecule has 0 bridgehead atoms. The lowest BCUT2D eigenvalue weighted by atomic mass is 9.92. The quantitative estimate of drug-likeness (QED) is 0.375. The number of ether oxygens (including phenoxy) is 1. The summed E-state index contributed by atoms with van der Waals surface area (Å²) in [5, 5.41) is 5.85. The minimum Gasteiger partial charge on any atom is -0.462 e. The molecule has 0 radical (unpaired) electrons. The Morgan fingerprint density at radius 1 is 1.22 bits per heavy atom. The normalized spacial score (nSPS) is 17.3. The van der Waals surface area contributed by atoms with Crippen molar-refractivity contribution in [1.29, 1.82) is 0 Å². The summed E-state index contributed by atoms with van der Waals surface area (Å²) < 4.78 is 5.37. The van der Waals surface area contributed by atoms with Gasteiger partial charge in [-0.15, -0.1) is 23.1 Å². The Morgan fingerprint density at radius 2 is 1.94 bits per heavy atom. The molecule has 0 spiro atoms. The number of primary amides is 1. The number of pyridine rings is 1. The van der Waals surface area contributed by atoms with Crippen LogP contribution in [0.5, 0.6) is 0 Å². The number of nitrogens with one attached hydrogen (secondary N) is 2. The summed E-state index contributed by atoms with van der Waals surface area (Å²) in [6.45, 7) is 5.97. The fourth-order valence-electron chi connectivity index (χ4n) is 3.57. The Labute approximate surface area is 195 Å². The van der Waals surface area contributed by atoms with Gasteiger partial charge >= 0.3 is 5.97 Å². The molecule has 0 saturated carbocycles. The highest BCUT2D eigenvalue weighted by molar-refractivity contribution is 8.07. The first-order chi connectivity index (χ1) is 15.2. The van der Waals surface area contributed by atoms with Crippen molar-refractivity contribution in [2.24, 2.45) is 11.7 Å². The number of likely N-dealkylation sites (N-methyl/N-ethyl adjacent to an activating group) is 1. The molecule has 172 valence electrons. The predicted molar refractivity (Wildman–Crippen MR) is 127 cm³/mol. The first-order valence-electron chi connectivity index (χ1n) is 10.4. The number of thiophene rings is 1. The van der Waals surface area contributed by atoms with E-state index in [1.54, 1.807) is 37.9 Å². The zero-order chi connectivity index (χ0) is 23.6. The monoisotopic (exact) mass is 476 g/mol. The molecule has 2 unspecified atom stereocenters. The van der Waals surface area contributed by atoms with Gasteiger partial charge in [-0.3, -0.25) is 14.6 Å². The highest BCUT2D eigenvalue weighted by atomic mass is 32.2. The van der Waals surface area contributed by atoms with E-state index in [1.165, 1.54) is 11.3 Å². The summed E-state index contributed by atoms with van der Waals surface area (Å²) in [5.41, 5.74) is 7.83. The van der Waals surface area contributed by atoms with E-state index in [9.17, 15) is 14.4 Å². The largest absolute Gasteiger partial charge is 0.462 e. The van der Waals surface area contributed by atoms with Crippen LogP contribution >= 0.6 is 23.1 Å². The number of carbonyl (C=O) groups is 3. The second kappa shape index (κ2) is 10.0. The van der Waals surface area contributed by atoms with Gasteiger partial charge in [-0.1, -0.05) is 13.8 Å². The van der Waals surface area contributed by atoms with Crippen LogP contribution in [0.2, 0.25) is 0 Å². The standard InChI is InChI=1S/C22H28N4O4S2/c1-6-30-22(29)16-15(12-7-8-13(31-12)20(28)24-4)14(19(23)27)11(9-10(2)3)26-17(16)18-21(25-5)32-18/h7-8,10,18,21,25H,6,9H2,1-5H3,(H2,23,27)(H,24,28). The Bertz CT molecular complexity index is 1050. The molecule has 1 aliphatic heterocycles. The van der Waals surface area contributed by atoms with Crippen molar-refractivity contribution in [3.8, 4) is 10.4 Å². The van der Waals surface area contributed by atoms with Gasteiger partial charge in [0.2, 0.25) is 0 Å². The van der Waals surface area contributed by atoms with E-state index >= 15 is 0 Å². The van der Waals surface area contributed by atoms with Crippen LogP contribution in [0, 0.1) is 5.92 Å². The molecule has 4 N–H and O–H groups in total. The van der Waals surface area contributed by atoms with Crippen LogP contribution in [-0.2, 0) is 11.2 Å². The smallest absolute Gasteiger partial charge is 0.340 e. The van der Waals surface area contributed by atoms with Crippen molar-refractivity contribution in [2.45, 2.75) is 37.8 Å². The summed E-state index contributed by atoms with van der Waals surface area (Å²) in [4.78, 5) is 43.9. The van der Waals surface area contributed by atoms with Crippen molar-refractivity contribution in [3.05, 3.63) is 39.5 Å². The third-order valence-corrected chi connectivity index (χ3v) is 7.35. The number of carbonyl (C=O) groups excluding carboxylic acids is 3. The minimum atomic E-state index is -0.663. The van der Waals surface area contributed by atoms with Crippen LogP contribution in [0.3, 0.4) is 0 Å². The molecule has 0 aliphatic carbocycles. The maximum atomic E-state index is 13.2. The summed E-state index contributed by atoms with van der Waals surface area (Å²) in [5.74, 6) is -1.25. The highest BCUT2D eigenvalue weighted by Crippen LogP contribution is 2.55. The second-order valence-corrected chi connectivity index (χ2v) is 10.1. The van der Waals surface area contributed by atoms with Crippen molar-refractivity contribution in [2.75, 3.05) is 20.7 Å². The lowest BCUT2D eigenvalue weighted by Gasteiger charge is -2.19. The van der Waals surface area contributed by atoms with E-state index in [-0.39, 0.29) is 40.2 Å². The molecule has 8 nitrogen and oxygen atoms in total. The van der Waals surface area contributed by atoms with Crippen LogP contribution in [0.4, 0.5) is 0 Å². The predicted octanol–water partition coefficient (Wildman–Crippen LogP) is 2.98. The number of thioether (sulfide) groups is 1. The molecular weight excluding hydrogens is 448 g/mol. The average molecular weight is 477 g/mol. The molecule has 3 heterocycles. The molecule has 3 rings (SSSR count). The van der Waals surface area contributed by atoms with Gasteiger partial charge in [0.15, 0.2) is 0 Å². The summed E-state index contributed by atoms with van der Waals surface area (Å²) in [6.07, 6.45) is 0.524. The Hall–Kier alpha value is -2.43. The first kappa shape index (κ1) is 24.2. The van der Waals surface area contributed by atoms with E-state index in [0.717, 1.165) is 0 Å². The van der Waals surface area contributed by atoms with E-state index in [0.29, 0.717) is 33.1 Å². The average Bonchev–Trinajstić information content (AvgIpc) is 3.37. The lowest BCUT2D eigenvalue weighted by Crippen LogP contribution is -2.23. The maximum Gasteiger partial charge on any atom is 0.340 e. The van der Waals surface area contributed by atoms with Gasteiger partial charge in [0.25, 0.3) is 11.8 Å². The van der Waals surface area contributed by atoms with Crippen LogP contribution < -0.4 is 16.4 Å². The van der Waals surface area contributed by atoms with E-state index in [4.69, 9.17) is 15.5 Å². The fourth-order valence-corrected chi connectivity index (χ4v) is 5.51. The lowest BCUT2D eigenvalue weighted by molar-refractivity contribution is 0.0525. The number of amides is 2. The summed E-state index contributed by atoms with van der Waals surface area (Å²) >= 11 is 2.84. The van der Waals surface area contributed by atoms with Crippen LogP contribution in [0.25, 0.3) is 10.4 Å². The van der Waals surface area contributed by atoms with Crippen molar-refractivity contribution in [3.63, 3.8) is 0 Å². The summed E-state index contributed by atoms with van der Waals surface area (Å²) in [6, 6.07) is 3.40. The number of hydrogen-bond acceptors (Lipinski definition) is 8. The van der Waals surface area contributed by atoms with Crippen molar-refractivity contribution in [1.82, 2.24) is 15.6 Å². The van der Waals surface area contributed by atoms with Gasteiger partial charge in [0.05, 0.1) is 44.6 Å². The molecule has 1 saturated heterocycles. The topological polar surface area (TPSA) is 123 Å². The van der Waals surface area contributed by atoms with Crippen LogP contribution in [0.1, 0.15) is 67.8 Å². The molecule has 1 fully saturated rings. The number of hydrogen-bond donors (Lipinski definition) is 3. The number of nitrogens with two attached hydrogens (primary N) is 1. The van der Waals surface area contributed by atoms with Gasteiger partial charge in [-0.25, -0.2) is 4.79 Å². The van der Waals surface area contributed by atoms with E-state index in [2.05, 4.69) is 10.6 Å². The van der Waals surface area contributed by atoms with Gasteiger partial charge < -0.3 is 21.1 Å². The minimum absolute atomic E-state index is 0.0515. The van der Waals surface area contributed by atoms with Crippen molar-refractivity contribution < 1.29 is 19.1 Å². The zero-order valence-electron chi connectivity index (χ0n) is 18.8. The van der Waals surface area contributed by atoms with Gasteiger partial charge in [-0.2, -0.15) is 0 Å². The second-order valence-electron chi connectivity index (χ2n) is 7.76. The van der Waals surface area contributed by atoms with Gasteiger partial charge in [0, 0.05) is 17.5 Å². The molecule has 2 amide bonds. The van der Waals surface area contributed by atoms with Gasteiger partial charge in [0.1, 0.15) is 0 Å². The molecule has 32 heavy (non-hydrogen) atoms. The Kier molecular flexibility index (Phi) is 7.58. The number of aromatic nitrogens is 1. The third-order valence-electron chi connectivity index (χ3n) is 4.98. The van der Waals surface area contributed by atoms with E-state index in [1.807, 2.05) is 20.9 Å². The molecule has 2 aromatic rings. The third kappa shape index (κ3) is 4.82. The Morgan fingerprint density at radius 3 is 2.47 bits per heavy atom. The number of nitrogens with zero attached hydrogens (tertiary/aromatic N) is 1. The van der Waals surface area contributed by atoms with Crippen LogP contribution in [0.15, 0.2) is 12.1 Å². The van der Waals surface area contributed by atoms with Crippen molar-refractivity contribution >= 4 is 40.9 Å². The maximum absolute atomic E-state index is 13.2. The number of rotatable bonds is 9. The molecular formula is C22H28N4O4S2. The Balaban J connectivity index is 2.36. The first-order valence-corrected chi connectivity index (χ1v) is 12.2.